The smallest absolute Gasteiger partial charge is 0.257 e. The number of ether oxygens (including phenoxy) is 1. The van der Waals surface area contributed by atoms with Crippen LogP contribution >= 0.6 is 11.6 Å². The molecular weight excluding hydrogens is 288 g/mol. The standard InChI is InChI=1S/C16H13ClN2O2/c1-21-12-5-6-13-14(9-18-15(13)8-12)16(20)19-11-4-2-3-10(17)7-11/h2-9,18H,1H3,(H,19,20). The molecule has 3 aromatic rings. The second kappa shape index (κ2) is 5.50. The molecule has 0 aliphatic rings. The minimum Gasteiger partial charge on any atom is -0.497 e. The fourth-order valence-electron chi connectivity index (χ4n) is 2.18. The summed E-state index contributed by atoms with van der Waals surface area (Å²) in [6.07, 6.45) is 1.68. The van der Waals surface area contributed by atoms with Gasteiger partial charge >= 0.3 is 0 Å². The number of H-pyrrole nitrogens is 1. The third-order valence-corrected chi connectivity index (χ3v) is 3.45. The van der Waals surface area contributed by atoms with E-state index in [4.69, 9.17) is 16.3 Å². The number of aromatic nitrogens is 1. The Morgan fingerprint density at radius 2 is 2.10 bits per heavy atom. The highest BCUT2D eigenvalue weighted by Gasteiger charge is 2.12. The third kappa shape index (κ3) is 2.71. The number of aromatic amines is 1. The summed E-state index contributed by atoms with van der Waals surface area (Å²) in [7, 11) is 1.61. The van der Waals surface area contributed by atoms with E-state index in [0.717, 1.165) is 16.7 Å². The van der Waals surface area contributed by atoms with Gasteiger partial charge in [0.2, 0.25) is 0 Å². The molecule has 2 N–H and O–H groups in total. The van der Waals surface area contributed by atoms with Crippen LogP contribution in [0.4, 0.5) is 5.69 Å². The maximum absolute atomic E-state index is 12.3. The molecule has 3 rings (SSSR count). The molecule has 1 heterocycles. The molecule has 0 fully saturated rings. The van der Waals surface area contributed by atoms with E-state index in [-0.39, 0.29) is 5.91 Å². The van der Waals surface area contributed by atoms with Crippen molar-refractivity contribution < 1.29 is 9.53 Å². The van der Waals surface area contributed by atoms with Gasteiger partial charge in [0.25, 0.3) is 5.91 Å². The number of fused-ring (bicyclic) bond motifs is 1. The Labute approximate surface area is 126 Å². The minimum atomic E-state index is -0.186. The Bertz CT molecular complexity index is 811. The molecule has 0 atom stereocenters. The van der Waals surface area contributed by atoms with Crippen LogP contribution in [0.3, 0.4) is 0 Å². The highest BCUT2D eigenvalue weighted by molar-refractivity contribution is 6.31. The number of hydrogen-bond donors (Lipinski definition) is 2. The highest BCUT2D eigenvalue weighted by atomic mass is 35.5. The van der Waals surface area contributed by atoms with Crippen LogP contribution in [0.1, 0.15) is 10.4 Å². The zero-order valence-corrected chi connectivity index (χ0v) is 12.1. The second-order valence-corrected chi connectivity index (χ2v) is 5.01. The first kappa shape index (κ1) is 13.5. The number of hydrogen-bond acceptors (Lipinski definition) is 2. The molecule has 0 saturated carbocycles. The van der Waals surface area contributed by atoms with Crippen molar-refractivity contribution >= 4 is 34.1 Å². The first-order valence-corrected chi connectivity index (χ1v) is 6.77. The van der Waals surface area contributed by atoms with E-state index in [1.807, 2.05) is 18.2 Å². The lowest BCUT2D eigenvalue weighted by molar-refractivity contribution is 0.102. The lowest BCUT2D eigenvalue weighted by atomic mass is 10.1. The van der Waals surface area contributed by atoms with Gasteiger partial charge in [-0.2, -0.15) is 0 Å². The van der Waals surface area contributed by atoms with Gasteiger partial charge in [-0.25, -0.2) is 0 Å². The number of benzene rings is 2. The molecule has 0 unspecified atom stereocenters. The topological polar surface area (TPSA) is 54.1 Å². The first-order valence-electron chi connectivity index (χ1n) is 6.39. The van der Waals surface area contributed by atoms with Crippen LogP contribution in [-0.2, 0) is 0 Å². The van der Waals surface area contributed by atoms with E-state index in [2.05, 4.69) is 10.3 Å². The van der Waals surface area contributed by atoms with Crippen molar-refractivity contribution in [1.29, 1.82) is 0 Å². The maximum atomic E-state index is 12.3. The molecule has 106 valence electrons. The van der Waals surface area contributed by atoms with Crippen molar-refractivity contribution in [2.75, 3.05) is 12.4 Å². The molecular formula is C16H13ClN2O2. The zero-order valence-electron chi connectivity index (χ0n) is 11.3. The maximum Gasteiger partial charge on any atom is 0.257 e. The molecule has 0 aliphatic heterocycles. The number of rotatable bonds is 3. The normalized spacial score (nSPS) is 10.6. The fourth-order valence-corrected chi connectivity index (χ4v) is 2.38. The summed E-state index contributed by atoms with van der Waals surface area (Å²) in [4.78, 5) is 15.4. The van der Waals surface area contributed by atoms with Crippen molar-refractivity contribution in [2.24, 2.45) is 0 Å². The van der Waals surface area contributed by atoms with Crippen LogP contribution in [0, 0.1) is 0 Å². The number of amides is 1. The van der Waals surface area contributed by atoms with Gasteiger partial charge in [-0.15, -0.1) is 0 Å². The average molecular weight is 301 g/mol. The first-order chi connectivity index (χ1) is 10.2. The van der Waals surface area contributed by atoms with E-state index in [1.54, 1.807) is 37.6 Å². The van der Waals surface area contributed by atoms with Crippen molar-refractivity contribution in [1.82, 2.24) is 4.98 Å². The molecule has 5 heteroatoms. The van der Waals surface area contributed by atoms with Crippen molar-refractivity contribution in [2.45, 2.75) is 0 Å². The summed E-state index contributed by atoms with van der Waals surface area (Å²) in [6, 6.07) is 12.6. The van der Waals surface area contributed by atoms with Gasteiger partial charge in [0.05, 0.1) is 12.7 Å². The summed E-state index contributed by atoms with van der Waals surface area (Å²) in [5.41, 5.74) is 2.09. The lowest BCUT2D eigenvalue weighted by Gasteiger charge is -2.05. The predicted octanol–water partition coefficient (Wildman–Crippen LogP) is 4.08. The summed E-state index contributed by atoms with van der Waals surface area (Å²) in [6.45, 7) is 0. The number of nitrogens with one attached hydrogen (secondary N) is 2. The monoisotopic (exact) mass is 300 g/mol. The lowest BCUT2D eigenvalue weighted by Crippen LogP contribution is -2.11. The molecule has 0 spiro atoms. The number of carbonyl (C=O) groups excluding carboxylic acids is 1. The Kier molecular flexibility index (Phi) is 3.54. The Hall–Kier alpha value is -2.46. The number of methoxy groups -OCH3 is 1. The second-order valence-electron chi connectivity index (χ2n) is 4.58. The van der Waals surface area contributed by atoms with E-state index in [1.165, 1.54) is 0 Å². The van der Waals surface area contributed by atoms with Gasteiger partial charge in [-0.3, -0.25) is 4.79 Å². The van der Waals surface area contributed by atoms with Crippen LogP contribution in [-0.4, -0.2) is 18.0 Å². The largest absolute Gasteiger partial charge is 0.497 e. The van der Waals surface area contributed by atoms with Gasteiger partial charge in [0, 0.05) is 33.9 Å². The molecule has 0 radical (unpaired) electrons. The Morgan fingerprint density at radius 1 is 1.24 bits per heavy atom. The van der Waals surface area contributed by atoms with Crippen LogP contribution in [0.15, 0.2) is 48.7 Å². The summed E-state index contributed by atoms with van der Waals surface area (Å²) in [5.74, 6) is 0.555. The zero-order chi connectivity index (χ0) is 14.8. The highest BCUT2D eigenvalue weighted by Crippen LogP contribution is 2.24. The third-order valence-electron chi connectivity index (χ3n) is 3.22. The molecule has 4 nitrogen and oxygen atoms in total. The SMILES string of the molecule is COc1ccc2c(C(=O)Nc3cccc(Cl)c3)c[nH]c2c1. The number of anilines is 1. The van der Waals surface area contributed by atoms with Gasteiger partial charge in [0.15, 0.2) is 0 Å². The predicted molar refractivity (Wildman–Crippen MR) is 84.3 cm³/mol. The number of carbonyl (C=O) groups is 1. The van der Waals surface area contributed by atoms with Gasteiger partial charge in [-0.1, -0.05) is 17.7 Å². The fraction of sp³-hybridized carbons (Fsp3) is 0.0625. The van der Waals surface area contributed by atoms with E-state index >= 15 is 0 Å². The molecule has 0 aliphatic carbocycles. The van der Waals surface area contributed by atoms with E-state index in [9.17, 15) is 4.79 Å². The molecule has 2 aromatic carbocycles. The van der Waals surface area contributed by atoms with Crippen molar-refractivity contribution in [3.63, 3.8) is 0 Å². The van der Waals surface area contributed by atoms with Crippen LogP contribution in [0.25, 0.3) is 10.9 Å². The van der Waals surface area contributed by atoms with Crippen LogP contribution in [0.5, 0.6) is 5.75 Å². The summed E-state index contributed by atoms with van der Waals surface area (Å²) < 4.78 is 5.17. The van der Waals surface area contributed by atoms with Crippen molar-refractivity contribution in [3.8, 4) is 5.75 Å². The Morgan fingerprint density at radius 3 is 2.86 bits per heavy atom. The van der Waals surface area contributed by atoms with E-state index < -0.39 is 0 Å². The quantitative estimate of drug-likeness (QED) is 0.765. The molecule has 21 heavy (non-hydrogen) atoms. The summed E-state index contributed by atoms with van der Waals surface area (Å²) >= 11 is 5.91. The van der Waals surface area contributed by atoms with Crippen LogP contribution in [0.2, 0.25) is 5.02 Å². The number of halogens is 1. The Balaban J connectivity index is 1.91. The summed E-state index contributed by atoms with van der Waals surface area (Å²) in [5, 5.41) is 4.25. The molecule has 1 aromatic heterocycles. The molecule has 1 amide bonds. The minimum absolute atomic E-state index is 0.186. The molecule has 0 bridgehead atoms. The van der Waals surface area contributed by atoms with Crippen LogP contribution < -0.4 is 10.1 Å². The molecule has 0 saturated heterocycles. The van der Waals surface area contributed by atoms with Gasteiger partial charge in [-0.05, 0) is 30.3 Å². The average Bonchev–Trinajstić information content (AvgIpc) is 2.90. The van der Waals surface area contributed by atoms with E-state index in [0.29, 0.717) is 16.3 Å². The van der Waals surface area contributed by atoms with Gasteiger partial charge < -0.3 is 15.0 Å². The van der Waals surface area contributed by atoms with Crippen molar-refractivity contribution in [3.05, 3.63) is 59.2 Å². The van der Waals surface area contributed by atoms with Gasteiger partial charge in [0.1, 0.15) is 5.75 Å².